The first kappa shape index (κ1) is 13.4. The molecule has 2 N–H and O–H groups in total. The summed E-state index contributed by atoms with van der Waals surface area (Å²) in [5.41, 5.74) is 1.06. The van der Waals surface area contributed by atoms with Crippen LogP contribution in [0.1, 0.15) is 31.2 Å². The lowest BCUT2D eigenvalue weighted by Gasteiger charge is -2.14. The van der Waals surface area contributed by atoms with E-state index >= 15 is 0 Å². The maximum Gasteiger partial charge on any atom is 0.237 e. The van der Waals surface area contributed by atoms with Gasteiger partial charge in [-0.2, -0.15) is 0 Å². The van der Waals surface area contributed by atoms with Gasteiger partial charge in [-0.15, -0.1) is 0 Å². The molecule has 0 bridgehead atoms. The molecule has 1 amide bonds. The molecule has 1 aliphatic carbocycles. The van der Waals surface area contributed by atoms with Crippen LogP contribution in [0.2, 0.25) is 0 Å². The summed E-state index contributed by atoms with van der Waals surface area (Å²) < 4.78 is 5.85. The second kappa shape index (κ2) is 6.27. The molecule has 4 nitrogen and oxygen atoms in total. The van der Waals surface area contributed by atoms with Crippen LogP contribution in [0, 0.1) is 5.92 Å². The molecule has 1 unspecified atom stereocenters. The Kier molecular flexibility index (Phi) is 4.21. The van der Waals surface area contributed by atoms with E-state index < -0.39 is 0 Å². The van der Waals surface area contributed by atoms with E-state index in [1.165, 1.54) is 12.8 Å². The Morgan fingerprint density at radius 2 is 2.15 bits per heavy atom. The molecule has 0 aromatic heterocycles. The van der Waals surface area contributed by atoms with Crippen LogP contribution in [0.5, 0.6) is 5.75 Å². The number of ether oxygens (including phenoxy) is 1. The zero-order chi connectivity index (χ0) is 13.8. The van der Waals surface area contributed by atoms with E-state index in [-0.39, 0.29) is 11.9 Å². The van der Waals surface area contributed by atoms with Crippen molar-refractivity contribution < 1.29 is 9.53 Å². The van der Waals surface area contributed by atoms with Crippen molar-refractivity contribution in [3.05, 3.63) is 29.8 Å². The zero-order valence-electron chi connectivity index (χ0n) is 11.7. The van der Waals surface area contributed by atoms with Gasteiger partial charge in [-0.25, -0.2) is 0 Å². The second-order valence-corrected chi connectivity index (χ2v) is 5.73. The van der Waals surface area contributed by atoms with Gasteiger partial charge in [0, 0.05) is 12.1 Å². The molecule has 0 radical (unpaired) electrons. The van der Waals surface area contributed by atoms with Gasteiger partial charge < -0.3 is 15.4 Å². The minimum Gasteiger partial charge on any atom is -0.493 e. The molecule has 1 atom stereocenters. The van der Waals surface area contributed by atoms with E-state index in [0.29, 0.717) is 6.54 Å². The molecule has 108 valence electrons. The van der Waals surface area contributed by atoms with E-state index in [1.807, 2.05) is 24.3 Å². The van der Waals surface area contributed by atoms with Crippen molar-refractivity contribution in [2.24, 2.45) is 5.92 Å². The van der Waals surface area contributed by atoms with Crippen molar-refractivity contribution in [1.29, 1.82) is 0 Å². The maximum absolute atomic E-state index is 12.0. The molecule has 0 spiro atoms. The number of hydrogen-bond donors (Lipinski definition) is 2. The molecular formula is C16H22N2O2. The SMILES string of the molecule is O=C(NCc1ccccc1OCC1CC1)C1CCCN1. The summed E-state index contributed by atoms with van der Waals surface area (Å²) in [6.07, 6.45) is 4.59. The summed E-state index contributed by atoms with van der Waals surface area (Å²) in [6, 6.07) is 7.95. The van der Waals surface area contributed by atoms with Crippen molar-refractivity contribution in [3.8, 4) is 5.75 Å². The molecule has 1 aliphatic heterocycles. The highest BCUT2D eigenvalue weighted by molar-refractivity contribution is 5.82. The number of benzene rings is 1. The van der Waals surface area contributed by atoms with Crippen LogP contribution in [0.15, 0.2) is 24.3 Å². The van der Waals surface area contributed by atoms with Crippen LogP contribution in [0.25, 0.3) is 0 Å². The van der Waals surface area contributed by atoms with Crippen LogP contribution in [0.3, 0.4) is 0 Å². The quantitative estimate of drug-likeness (QED) is 0.832. The van der Waals surface area contributed by atoms with Crippen molar-refractivity contribution in [2.75, 3.05) is 13.2 Å². The third-order valence-electron chi connectivity index (χ3n) is 3.97. The first-order chi connectivity index (χ1) is 9.83. The van der Waals surface area contributed by atoms with Crippen molar-refractivity contribution in [3.63, 3.8) is 0 Å². The molecule has 1 saturated carbocycles. The molecule has 4 heteroatoms. The number of carbonyl (C=O) groups excluding carboxylic acids is 1. The average Bonchev–Trinajstić information content (AvgIpc) is 3.14. The van der Waals surface area contributed by atoms with E-state index in [0.717, 1.165) is 43.2 Å². The van der Waals surface area contributed by atoms with Crippen molar-refractivity contribution in [1.82, 2.24) is 10.6 Å². The van der Waals surface area contributed by atoms with Crippen molar-refractivity contribution in [2.45, 2.75) is 38.3 Å². The largest absolute Gasteiger partial charge is 0.493 e. The summed E-state index contributed by atoms with van der Waals surface area (Å²) in [7, 11) is 0. The molecule has 1 saturated heterocycles. The number of para-hydroxylation sites is 1. The first-order valence-corrected chi connectivity index (χ1v) is 7.55. The van der Waals surface area contributed by atoms with E-state index in [4.69, 9.17) is 4.74 Å². The number of hydrogen-bond acceptors (Lipinski definition) is 3. The summed E-state index contributed by atoms with van der Waals surface area (Å²) in [6.45, 7) is 2.28. The molecular weight excluding hydrogens is 252 g/mol. The van der Waals surface area contributed by atoms with Gasteiger partial charge in [0.1, 0.15) is 5.75 Å². The highest BCUT2D eigenvalue weighted by atomic mass is 16.5. The fourth-order valence-corrected chi connectivity index (χ4v) is 2.50. The molecule has 2 aliphatic rings. The molecule has 2 fully saturated rings. The number of nitrogens with one attached hydrogen (secondary N) is 2. The van der Waals surface area contributed by atoms with Gasteiger partial charge in [0.05, 0.1) is 12.6 Å². The number of amides is 1. The Morgan fingerprint density at radius 1 is 1.30 bits per heavy atom. The van der Waals surface area contributed by atoms with Crippen LogP contribution >= 0.6 is 0 Å². The van der Waals surface area contributed by atoms with Gasteiger partial charge in [0.2, 0.25) is 5.91 Å². The van der Waals surface area contributed by atoms with Crippen molar-refractivity contribution >= 4 is 5.91 Å². The summed E-state index contributed by atoms with van der Waals surface area (Å²) in [5.74, 6) is 1.74. The highest BCUT2D eigenvalue weighted by Crippen LogP contribution is 2.30. The topological polar surface area (TPSA) is 50.4 Å². The summed E-state index contributed by atoms with van der Waals surface area (Å²) >= 11 is 0. The van der Waals surface area contributed by atoms with Gasteiger partial charge >= 0.3 is 0 Å². The summed E-state index contributed by atoms with van der Waals surface area (Å²) in [4.78, 5) is 12.0. The molecule has 1 heterocycles. The monoisotopic (exact) mass is 274 g/mol. The van der Waals surface area contributed by atoms with E-state index in [9.17, 15) is 4.79 Å². The van der Waals surface area contributed by atoms with E-state index in [2.05, 4.69) is 10.6 Å². The van der Waals surface area contributed by atoms with Crippen LogP contribution in [-0.4, -0.2) is 25.1 Å². The van der Waals surface area contributed by atoms with Gasteiger partial charge in [0.25, 0.3) is 0 Å². The van der Waals surface area contributed by atoms with Gasteiger partial charge in [-0.05, 0) is 44.2 Å². The Bertz CT molecular complexity index is 465. The third kappa shape index (κ3) is 3.51. The fourth-order valence-electron chi connectivity index (χ4n) is 2.50. The van der Waals surface area contributed by atoms with Gasteiger partial charge in [-0.3, -0.25) is 4.79 Å². The Hall–Kier alpha value is -1.55. The second-order valence-electron chi connectivity index (χ2n) is 5.73. The Balaban J connectivity index is 1.54. The van der Waals surface area contributed by atoms with E-state index in [1.54, 1.807) is 0 Å². The molecule has 1 aromatic carbocycles. The minimum atomic E-state index is -0.0189. The predicted octanol–water partition coefficient (Wildman–Crippen LogP) is 1.84. The third-order valence-corrected chi connectivity index (χ3v) is 3.97. The van der Waals surface area contributed by atoms with Crippen LogP contribution in [-0.2, 0) is 11.3 Å². The summed E-state index contributed by atoms with van der Waals surface area (Å²) in [5, 5.41) is 6.22. The smallest absolute Gasteiger partial charge is 0.237 e. The maximum atomic E-state index is 12.0. The van der Waals surface area contributed by atoms with Crippen LogP contribution in [0.4, 0.5) is 0 Å². The highest BCUT2D eigenvalue weighted by Gasteiger charge is 2.23. The average molecular weight is 274 g/mol. The predicted molar refractivity (Wildman–Crippen MR) is 77.5 cm³/mol. The fraction of sp³-hybridized carbons (Fsp3) is 0.562. The molecule has 20 heavy (non-hydrogen) atoms. The molecule has 1 aromatic rings. The lowest BCUT2D eigenvalue weighted by atomic mass is 10.1. The number of carbonyl (C=O) groups is 1. The van der Waals surface area contributed by atoms with Gasteiger partial charge in [0.15, 0.2) is 0 Å². The lowest BCUT2D eigenvalue weighted by Crippen LogP contribution is -2.40. The Morgan fingerprint density at radius 3 is 2.90 bits per heavy atom. The standard InChI is InChI=1S/C16H22N2O2/c19-16(14-5-3-9-17-14)18-10-13-4-1-2-6-15(13)20-11-12-7-8-12/h1-2,4,6,12,14,17H,3,5,7-11H2,(H,18,19). The zero-order valence-corrected chi connectivity index (χ0v) is 11.7. The number of rotatable bonds is 6. The lowest BCUT2D eigenvalue weighted by molar-refractivity contribution is -0.122. The Labute approximate surface area is 119 Å². The molecule has 3 rings (SSSR count). The normalized spacial score (nSPS) is 21.7. The van der Waals surface area contributed by atoms with Gasteiger partial charge in [-0.1, -0.05) is 18.2 Å². The minimum absolute atomic E-state index is 0.0189. The van der Waals surface area contributed by atoms with Crippen LogP contribution < -0.4 is 15.4 Å². The first-order valence-electron chi connectivity index (χ1n) is 7.55.